The van der Waals surface area contributed by atoms with Gasteiger partial charge in [-0.25, -0.2) is 9.59 Å². The molecule has 1 aliphatic heterocycles. The number of hydrogen-bond acceptors (Lipinski definition) is 3. The lowest BCUT2D eigenvalue weighted by molar-refractivity contribution is 0.125. The van der Waals surface area contributed by atoms with Crippen molar-refractivity contribution in [3.63, 3.8) is 0 Å². The lowest BCUT2D eigenvalue weighted by Crippen LogP contribution is -2.39. The van der Waals surface area contributed by atoms with Gasteiger partial charge in [0.05, 0.1) is 7.11 Å². The molecule has 1 heterocycles. The summed E-state index contributed by atoms with van der Waals surface area (Å²) in [6.07, 6.45) is 1.34. The highest BCUT2D eigenvalue weighted by atomic mass is 16.5. The second-order valence-corrected chi connectivity index (χ2v) is 5.28. The third kappa shape index (κ3) is 4.13. The van der Waals surface area contributed by atoms with Crippen molar-refractivity contribution in [1.82, 2.24) is 9.80 Å². The van der Waals surface area contributed by atoms with E-state index in [1.807, 2.05) is 24.3 Å². The zero-order valence-corrected chi connectivity index (χ0v) is 13.2. The molecule has 1 saturated heterocycles. The van der Waals surface area contributed by atoms with Crippen LogP contribution in [0, 0.1) is 0 Å². The molecule has 0 saturated carbocycles. The predicted molar refractivity (Wildman–Crippen MR) is 85.0 cm³/mol. The Morgan fingerprint density at radius 3 is 2.64 bits per heavy atom. The van der Waals surface area contributed by atoms with E-state index < -0.39 is 0 Å². The summed E-state index contributed by atoms with van der Waals surface area (Å²) in [7, 11) is 1.37. The maximum atomic E-state index is 12.3. The number of rotatable bonds is 2. The van der Waals surface area contributed by atoms with Crippen LogP contribution < -0.4 is 5.32 Å². The second-order valence-electron chi connectivity index (χ2n) is 5.28. The van der Waals surface area contributed by atoms with Crippen LogP contribution in [0.4, 0.5) is 15.3 Å². The van der Waals surface area contributed by atoms with E-state index in [4.69, 9.17) is 4.74 Å². The molecule has 0 radical (unpaired) electrons. The number of urea groups is 1. The van der Waals surface area contributed by atoms with Gasteiger partial charge in [-0.05, 0) is 30.5 Å². The van der Waals surface area contributed by atoms with Crippen molar-refractivity contribution in [2.75, 3.05) is 38.6 Å². The number of hydrogen-bond donors (Lipinski definition) is 1. The minimum absolute atomic E-state index is 0.125. The fourth-order valence-electron chi connectivity index (χ4n) is 2.50. The second kappa shape index (κ2) is 7.68. The summed E-state index contributed by atoms with van der Waals surface area (Å²) < 4.78 is 4.73. The van der Waals surface area contributed by atoms with Crippen molar-refractivity contribution in [3.05, 3.63) is 29.8 Å². The maximum Gasteiger partial charge on any atom is 0.409 e. The fraction of sp³-hybridized carbons (Fsp3) is 0.500. The quantitative estimate of drug-likeness (QED) is 0.913. The molecule has 22 heavy (non-hydrogen) atoms. The number of benzene rings is 1. The van der Waals surface area contributed by atoms with Gasteiger partial charge in [0.1, 0.15) is 0 Å². The molecule has 1 aromatic carbocycles. The van der Waals surface area contributed by atoms with Gasteiger partial charge in [-0.3, -0.25) is 0 Å². The van der Waals surface area contributed by atoms with Gasteiger partial charge in [0.15, 0.2) is 0 Å². The summed E-state index contributed by atoms with van der Waals surface area (Å²) in [6.45, 7) is 4.33. The van der Waals surface area contributed by atoms with Crippen molar-refractivity contribution in [2.45, 2.75) is 19.8 Å². The molecule has 2 rings (SSSR count). The van der Waals surface area contributed by atoms with Crippen LogP contribution in [0.3, 0.4) is 0 Å². The predicted octanol–water partition coefficient (Wildman–Crippen LogP) is 2.56. The number of aryl methyl sites for hydroxylation is 1. The molecule has 1 fully saturated rings. The highest BCUT2D eigenvalue weighted by Gasteiger charge is 2.22. The first-order valence-electron chi connectivity index (χ1n) is 7.61. The van der Waals surface area contributed by atoms with E-state index in [0.29, 0.717) is 26.2 Å². The van der Waals surface area contributed by atoms with Gasteiger partial charge in [0.2, 0.25) is 0 Å². The normalized spacial score (nSPS) is 15.2. The van der Waals surface area contributed by atoms with Crippen LogP contribution in [0.1, 0.15) is 18.9 Å². The monoisotopic (exact) mass is 305 g/mol. The largest absolute Gasteiger partial charge is 0.453 e. The lowest BCUT2D eigenvalue weighted by atomic mass is 10.1. The highest BCUT2D eigenvalue weighted by molar-refractivity contribution is 5.89. The summed E-state index contributed by atoms with van der Waals surface area (Å²) in [6, 6.07) is 7.72. The van der Waals surface area contributed by atoms with Crippen molar-refractivity contribution in [3.8, 4) is 0 Å². The van der Waals surface area contributed by atoms with Gasteiger partial charge in [-0.2, -0.15) is 0 Å². The Labute approximate surface area is 131 Å². The Kier molecular flexibility index (Phi) is 5.63. The first-order chi connectivity index (χ1) is 10.6. The summed E-state index contributed by atoms with van der Waals surface area (Å²) in [5.41, 5.74) is 1.99. The topological polar surface area (TPSA) is 61.9 Å². The standard InChI is InChI=1S/C16H23N3O3/c1-3-13-6-4-7-14(12-13)17-15(20)18-8-5-9-19(11-10-18)16(21)22-2/h4,6-7,12H,3,5,8-11H2,1-2H3,(H,17,20). The van der Waals surface area contributed by atoms with E-state index >= 15 is 0 Å². The van der Waals surface area contributed by atoms with Crippen molar-refractivity contribution >= 4 is 17.8 Å². The number of anilines is 1. The minimum atomic E-state index is -0.335. The molecule has 6 nitrogen and oxygen atoms in total. The molecular formula is C16H23N3O3. The fourth-order valence-corrected chi connectivity index (χ4v) is 2.50. The molecule has 6 heteroatoms. The number of nitrogens with one attached hydrogen (secondary N) is 1. The van der Waals surface area contributed by atoms with E-state index in [9.17, 15) is 9.59 Å². The number of carbonyl (C=O) groups excluding carboxylic acids is 2. The van der Waals surface area contributed by atoms with E-state index in [2.05, 4.69) is 12.2 Å². The smallest absolute Gasteiger partial charge is 0.409 e. The third-order valence-corrected chi connectivity index (χ3v) is 3.80. The van der Waals surface area contributed by atoms with Gasteiger partial charge >= 0.3 is 12.1 Å². The van der Waals surface area contributed by atoms with Gasteiger partial charge in [0.25, 0.3) is 0 Å². The Hall–Kier alpha value is -2.24. The molecular weight excluding hydrogens is 282 g/mol. The van der Waals surface area contributed by atoms with Crippen LogP contribution in [0.15, 0.2) is 24.3 Å². The Morgan fingerprint density at radius 2 is 1.91 bits per heavy atom. The molecule has 1 aromatic rings. The van der Waals surface area contributed by atoms with Gasteiger partial charge in [-0.15, -0.1) is 0 Å². The molecule has 0 unspecified atom stereocenters. The number of methoxy groups -OCH3 is 1. The third-order valence-electron chi connectivity index (χ3n) is 3.80. The van der Waals surface area contributed by atoms with Crippen LogP contribution in [-0.4, -0.2) is 55.2 Å². The van der Waals surface area contributed by atoms with Crippen LogP contribution in [-0.2, 0) is 11.2 Å². The van der Waals surface area contributed by atoms with Gasteiger partial charge in [-0.1, -0.05) is 19.1 Å². The van der Waals surface area contributed by atoms with E-state index in [1.165, 1.54) is 12.7 Å². The maximum absolute atomic E-state index is 12.3. The van der Waals surface area contributed by atoms with Gasteiger partial charge < -0.3 is 19.9 Å². The number of amides is 3. The molecule has 0 atom stereocenters. The van der Waals surface area contributed by atoms with E-state index in [1.54, 1.807) is 9.80 Å². The summed E-state index contributed by atoms with van der Waals surface area (Å²) in [4.78, 5) is 27.3. The van der Waals surface area contributed by atoms with Crippen LogP contribution in [0.25, 0.3) is 0 Å². The Bertz CT molecular complexity index is 533. The highest BCUT2D eigenvalue weighted by Crippen LogP contribution is 2.13. The molecule has 0 spiro atoms. The molecule has 0 aromatic heterocycles. The van der Waals surface area contributed by atoms with E-state index in [-0.39, 0.29) is 12.1 Å². The average Bonchev–Trinajstić information content (AvgIpc) is 2.80. The molecule has 0 bridgehead atoms. The average molecular weight is 305 g/mol. The Balaban J connectivity index is 1.93. The van der Waals surface area contributed by atoms with Crippen LogP contribution >= 0.6 is 0 Å². The molecule has 1 aliphatic rings. The molecule has 1 N–H and O–H groups in total. The van der Waals surface area contributed by atoms with Crippen molar-refractivity contribution in [1.29, 1.82) is 0 Å². The van der Waals surface area contributed by atoms with Crippen molar-refractivity contribution in [2.24, 2.45) is 0 Å². The number of carbonyl (C=O) groups is 2. The van der Waals surface area contributed by atoms with Crippen LogP contribution in [0.5, 0.6) is 0 Å². The first-order valence-corrected chi connectivity index (χ1v) is 7.61. The zero-order valence-electron chi connectivity index (χ0n) is 13.2. The summed E-state index contributed by atoms with van der Waals surface area (Å²) in [5, 5.41) is 2.92. The number of nitrogens with zero attached hydrogens (tertiary/aromatic N) is 2. The Morgan fingerprint density at radius 1 is 1.18 bits per heavy atom. The first kappa shape index (κ1) is 16.1. The van der Waals surface area contributed by atoms with Gasteiger partial charge in [0, 0.05) is 31.9 Å². The molecule has 120 valence electrons. The summed E-state index contributed by atoms with van der Waals surface area (Å²) >= 11 is 0. The van der Waals surface area contributed by atoms with E-state index in [0.717, 1.165) is 18.5 Å². The molecule has 3 amide bonds. The zero-order chi connectivity index (χ0) is 15.9. The number of ether oxygens (including phenoxy) is 1. The summed E-state index contributed by atoms with van der Waals surface area (Å²) in [5.74, 6) is 0. The minimum Gasteiger partial charge on any atom is -0.453 e. The lowest BCUT2D eigenvalue weighted by Gasteiger charge is -2.22. The van der Waals surface area contributed by atoms with Crippen molar-refractivity contribution < 1.29 is 14.3 Å². The molecule has 0 aliphatic carbocycles. The van der Waals surface area contributed by atoms with Crippen LogP contribution in [0.2, 0.25) is 0 Å². The SMILES string of the molecule is CCc1cccc(NC(=O)N2CCCN(C(=O)OC)CC2)c1.